The number of nitrogens with one attached hydrogen (secondary N) is 1. The van der Waals surface area contributed by atoms with E-state index in [9.17, 15) is 5.11 Å². The van der Waals surface area contributed by atoms with Crippen molar-refractivity contribution < 1.29 is 5.11 Å². The summed E-state index contributed by atoms with van der Waals surface area (Å²) in [6, 6.07) is 13.6. The molecule has 0 unspecified atom stereocenters. The van der Waals surface area contributed by atoms with E-state index in [0.29, 0.717) is 11.3 Å². The van der Waals surface area contributed by atoms with Gasteiger partial charge in [0.2, 0.25) is 0 Å². The molecular formula is C15H15NO. The van der Waals surface area contributed by atoms with Crippen LogP contribution in [0.5, 0.6) is 5.75 Å². The van der Waals surface area contributed by atoms with Gasteiger partial charge < -0.3 is 10.5 Å². The summed E-state index contributed by atoms with van der Waals surface area (Å²) in [6.45, 7) is 3.72. The fourth-order valence-electron chi connectivity index (χ4n) is 1.76. The van der Waals surface area contributed by atoms with Crippen molar-refractivity contribution >= 4 is 5.71 Å². The van der Waals surface area contributed by atoms with Gasteiger partial charge in [-0.05, 0) is 37.1 Å². The second-order valence-electron chi connectivity index (χ2n) is 4.22. The van der Waals surface area contributed by atoms with Crippen LogP contribution in [-0.2, 0) is 0 Å². The highest BCUT2D eigenvalue weighted by molar-refractivity contribution is 5.99. The maximum Gasteiger partial charge on any atom is 0.124 e. The quantitative estimate of drug-likeness (QED) is 0.751. The first-order valence-corrected chi connectivity index (χ1v) is 5.53. The Morgan fingerprint density at radius 3 is 2.18 bits per heavy atom. The van der Waals surface area contributed by atoms with Gasteiger partial charge in [0.05, 0.1) is 0 Å². The molecule has 2 N–H and O–H groups in total. The van der Waals surface area contributed by atoms with Crippen LogP contribution >= 0.6 is 0 Å². The number of aromatic hydroxyl groups is 1. The summed E-state index contributed by atoms with van der Waals surface area (Å²) in [4.78, 5) is 0. The van der Waals surface area contributed by atoms with Gasteiger partial charge in [-0.3, -0.25) is 0 Å². The molecule has 0 aliphatic heterocycles. The zero-order valence-electron chi connectivity index (χ0n) is 9.99. The number of phenolic OH excluding ortho intramolecular Hbond substituents is 1. The number of hydrogen-bond donors (Lipinski definition) is 2. The van der Waals surface area contributed by atoms with Crippen molar-refractivity contribution in [3.05, 3.63) is 53.6 Å². The van der Waals surface area contributed by atoms with Crippen LogP contribution in [0.4, 0.5) is 0 Å². The van der Waals surface area contributed by atoms with Crippen LogP contribution in [0, 0.1) is 12.3 Å². The molecule has 0 atom stereocenters. The van der Waals surface area contributed by atoms with Crippen molar-refractivity contribution in [2.45, 2.75) is 13.8 Å². The highest BCUT2D eigenvalue weighted by Gasteiger charge is 2.05. The number of rotatable bonds is 2. The molecule has 0 amide bonds. The number of hydrogen-bond acceptors (Lipinski definition) is 2. The van der Waals surface area contributed by atoms with Crippen LogP contribution < -0.4 is 0 Å². The molecule has 2 aromatic carbocycles. The van der Waals surface area contributed by atoms with Crippen LogP contribution in [0.15, 0.2) is 42.5 Å². The zero-order chi connectivity index (χ0) is 12.4. The van der Waals surface area contributed by atoms with Gasteiger partial charge in [0, 0.05) is 11.3 Å². The van der Waals surface area contributed by atoms with Crippen LogP contribution in [0.3, 0.4) is 0 Å². The molecule has 2 heteroatoms. The molecule has 0 saturated carbocycles. The van der Waals surface area contributed by atoms with Crippen molar-refractivity contribution in [1.29, 1.82) is 5.41 Å². The average Bonchev–Trinajstić information content (AvgIpc) is 2.30. The third-order valence-corrected chi connectivity index (χ3v) is 2.79. The Hall–Kier alpha value is -2.09. The topological polar surface area (TPSA) is 44.1 Å². The predicted octanol–water partition coefficient (Wildman–Crippen LogP) is 3.76. The third-order valence-electron chi connectivity index (χ3n) is 2.79. The van der Waals surface area contributed by atoms with E-state index < -0.39 is 0 Å². The summed E-state index contributed by atoms with van der Waals surface area (Å²) >= 11 is 0. The van der Waals surface area contributed by atoms with Crippen molar-refractivity contribution in [1.82, 2.24) is 0 Å². The second-order valence-corrected chi connectivity index (χ2v) is 4.22. The Labute approximate surface area is 101 Å². The molecule has 0 aliphatic carbocycles. The zero-order valence-corrected chi connectivity index (χ0v) is 9.99. The summed E-state index contributed by atoms with van der Waals surface area (Å²) in [5, 5.41) is 17.3. The fraction of sp³-hybridized carbons (Fsp3) is 0.133. The summed E-state index contributed by atoms with van der Waals surface area (Å²) in [6.07, 6.45) is 0. The van der Waals surface area contributed by atoms with Crippen LogP contribution in [0.25, 0.3) is 11.1 Å². The highest BCUT2D eigenvalue weighted by Crippen LogP contribution is 2.26. The third kappa shape index (κ3) is 2.36. The summed E-state index contributed by atoms with van der Waals surface area (Å²) in [5.74, 6) is 0.161. The van der Waals surface area contributed by atoms with Crippen LogP contribution in [0.1, 0.15) is 18.1 Å². The summed E-state index contributed by atoms with van der Waals surface area (Å²) in [5.41, 5.74) is 4.29. The molecule has 0 aliphatic rings. The first kappa shape index (κ1) is 11.4. The SMILES string of the molecule is CC(=N)c1cc(-c2ccc(C)cc2)ccc1O. The predicted molar refractivity (Wildman–Crippen MR) is 70.8 cm³/mol. The normalized spacial score (nSPS) is 10.2. The van der Waals surface area contributed by atoms with Crippen LogP contribution in [-0.4, -0.2) is 10.8 Å². The monoisotopic (exact) mass is 225 g/mol. The van der Waals surface area contributed by atoms with E-state index in [4.69, 9.17) is 5.41 Å². The van der Waals surface area contributed by atoms with E-state index in [-0.39, 0.29) is 5.75 Å². The Bertz CT molecular complexity index is 556. The van der Waals surface area contributed by atoms with E-state index in [1.54, 1.807) is 13.0 Å². The van der Waals surface area contributed by atoms with Gasteiger partial charge in [0.15, 0.2) is 0 Å². The largest absolute Gasteiger partial charge is 0.507 e. The standard InChI is InChI=1S/C15H15NO/c1-10-3-5-12(6-4-10)13-7-8-15(17)14(9-13)11(2)16/h3-9,16-17H,1-2H3. The van der Waals surface area contributed by atoms with E-state index in [0.717, 1.165) is 11.1 Å². The second kappa shape index (κ2) is 4.42. The summed E-state index contributed by atoms with van der Waals surface area (Å²) in [7, 11) is 0. The fourth-order valence-corrected chi connectivity index (χ4v) is 1.76. The van der Waals surface area contributed by atoms with Crippen LogP contribution in [0.2, 0.25) is 0 Å². The molecule has 2 rings (SSSR count). The van der Waals surface area contributed by atoms with E-state index in [1.807, 2.05) is 31.2 Å². The molecule has 2 nitrogen and oxygen atoms in total. The Balaban J connectivity index is 2.50. The van der Waals surface area contributed by atoms with E-state index in [2.05, 4.69) is 12.1 Å². The lowest BCUT2D eigenvalue weighted by atomic mass is 10.00. The maximum atomic E-state index is 9.66. The van der Waals surface area contributed by atoms with Gasteiger partial charge in [-0.15, -0.1) is 0 Å². The van der Waals surface area contributed by atoms with Crippen molar-refractivity contribution in [3.8, 4) is 16.9 Å². The molecule has 0 heterocycles. The van der Waals surface area contributed by atoms with Gasteiger partial charge in [-0.25, -0.2) is 0 Å². The number of aryl methyl sites for hydroxylation is 1. The lowest BCUT2D eigenvalue weighted by Gasteiger charge is -2.07. The minimum Gasteiger partial charge on any atom is -0.507 e. The molecular weight excluding hydrogens is 210 g/mol. The van der Waals surface area contributed by atoms with Gasteiger partial charge in [0.1, 0.15) is 5.75 Å². The summed E-state index contributed by atoms with van der Waals surface area (Å²) < 4.78 is 0. The molecule has 0 radical (unpaired) electrons. The lowest BCUT2D eigenvalue weighted by Crippen LogP contribution is -1.93. The maximum absolute atomic E-state index is 9.66. The van der Waals surface area contributed by atoms with E-state index in [1.165, 1.54) is 5.56 Å². The van der Waals surface area contributed by atoms with Gasteiger partial charge in [-0.2, -0.15) is 0 Å². The Morgan fingerprint density at radius 1 is 1.00 bits per heavy atom. The van der Waals surface area contributed by atoms with Gasteiger partial charge in [0.25, 0.3) is 0 Å². The average molecular weight is 225 g/mol. The minimum absolute atomic E-state index is 0.161. The van der Waals surface area contributed by atoms with Crippen molar-refractivity contribution in [2.24, 2.45) is 0 Å². The molecule has 86 valence electrons. The van der Waals surface area contributed by atoms with E-state index >= 15 is 0 Å². The molecule has 2 aromatic rings. The molecule has 0 spiro atoms. The first-order valence-electron chi connectivity index (χ1n) is 5.53. The Kier molecular flexibility index (Phi) is 2.96. The minimum atomic E-state index is 0.161. The molecule has 17 heavy (non-hydrogen) atoms. The molecule has 0 fully saturated rings. The van der Waals surface area contributed by atoms with Crippen molar-refractivity contribution in [2.75, 3.05) is 0 Å². The molecule has 0 bridgehead atoms. The smallest absolute Gasteiger partial charge is 0.124 e. The van der Waals surface area contributed by atoms with Gasteiger partial charge >= 0.3 is 0 Å². The Morgan fingerprint density at radius 2 is 1.59 bits per heavy atom. The highest BCUT2D eigenvalue weighted by atomic mass is 16.3. The van der Waals surface area contributed by atoms with Gasteiger partial charge in [-0.1, -0.05) is 35.9 Å². The lowest BCUT2D eigenvalue weighted by molar-refractivity contribution is 0.474. The number of benzene rings is 2. The van der Waals surface area contributed by atoms with Crippen molar-refractivity contribution in [3.63, 3.8) is 0 Å². The number of phenols is 1. The molecule has 0 aromatic heterocycles. The first-order chi connectivity index (χ1) is 8.08. The molecule has 0 saturated heterocycles.